The van der Waals surface area contributed by atoms with Gasteiger partial charge in [-0.3, -0.25) is 9.89 Å². The number of H-pyrrole nitrogens is 1. The van der Waals surface area contributed by atoms with Crippen molar-refractivity contribution < 1.29 is 9.21 Å². The van der Waals surface area contributed by atoms with Crippen LogP contribution in [0, 0.1) is 0 Å². The first-order chi connectivity index (χ1) is 11.7. The van der Waals surface area contributed by atoms with Crippen molar-refractivity contribution in [1.29, 1.82) is 0 Å². The van der Waals surface area contributed by atoms with Gasteiger partial charge in [-0.15, -0.1) is 0 Å². The van der Waals surface area contributed by atoms with Crippen molar-refractivity contribution in [2.45, 2.75) is 18.8 Å². The van der Waals surface area contributed by atoms with Crippen LogP contribution in [0.15, 0.2) is 29.0 Å². The molecule has 1 fully saturated rings. The van der Waals surface area contributed by atoms with Crippen LogP contribution in [0.3, 0.4) is 0 Å². The van der Waals surface area contributed by atoms with Gasteiger partial charge in [0.1, 0.15) is 5.76 Å². The third-order valence-electron chi connectivity index (χ3n) is 4.30. The van der Waals surface area contributed by atoms with E-state index in [0.717, 1.165) is 31.3 Å². The molecule has 8 heteroatoms. The molecule has 1 amide bonds. The number of carbonyl (C=O) groups excluding carboxylic acids is 1. The van der Waals surface area contributed by atoms with Crippen LogP contribution < -0.4 is 10.6 Å². The molecular formula is C16H16ClN5O2. The summed E-state index contributed by atoms with van der Waals surface area (Å²) in [4.78, 5) is 16.7. The largest absolute Gasteiger partial charge is 0.447 e. The molecule has 0 spiro atoms. The van der Waals surface area contributed by atoms with Crippen molar-refractivity contribution >= 4 is 34.2 Å². The Balaban J connectivity index is 1.60. The molecule has 24 heavy (non-hydrogen) atoms. The van der Waals surface area contributed by atoms with Crippen molar-refractivity contribution in [3.63, 3.8) is 0 Å². The van der Waals surface area contributed by atoms with E-state index < -0.39 is 0 Å². The van der Waals surface area contributed by atoms with Crippen molar-refractivity contribution in [3.8, 4) is 0 Å². The van der Waals surface area contributed by atoms with Crippen LogP contribution in [-0.4, -0.2) is 34.2 Å². The maximum atomic E-state index is 12.6. The van der Waals surface area contributed by atoms with Gasteiger partial charge < -0.3 is 15.1 Å². The third kappa shape index (κ3) is 2.65. The number of aromatic amines is 1. The highest BCUT2D eigenvalue weighted by Gasteiger charge is 2.26. The minimum absolute atomic E-state index is 0.208. The third-order valence-corrected chi connectivity index (χ3v) is 4.62. The molecule has 0 radical (unpaired) electrons. The summed E-state index contributed by atoms with van der Waals surface area (Å²) in [7, 11) is 0. The molecule has 3 N–H and O–H groups in total. The predicted molar refractivity (Wildman–Crippen MR) is 90.4 cm³/mol. The second-order valence-electron chi connectivity index (χ2n) is 5.78. The maximum absolute atomic E-state index is 12.6. The Kier molecular flexibility index (Phi) is 3.95. The molecular weight excluding hydrogens is 330 g/mol. The van der Waals surface area contributed by atoms with Gasteiger partial charge in [-0.1, -0.05) is 17.7 Å². The fourth-order valence-corrected chi connectivity index (χ4v) is 3.29. The molecule has 124 valence electrons. The zero-order valence-corrected chi connectivity index (χ0v) is 13.6. The summed E-state index contributed by atoms with van der Waals surface area (Å²) in [5.41, 5.74) is 1.01. The lowest BCUT2D eigenvalue weighted by Crippen LogP contribution is -2.27. The van der Waals surface area contributed by atoms with Crippen molar-refractivity contribution in [2.75, 3.05) is 18.4 Å². The second kappa shape index (κ2) is 6.26. The van der Waals surface area contributed by atoms with E-state index in [9.17, 15) is 4.79 Å². The molecule has 3 aromatic rings. The first-order valence-corrected chi connectivity index (χ1v) is 8.20. The number of anilines is 1. The van der Waals surface area contributed by atoms with Crippen LogP contribution in [0.2, 0.25) is 5.02 Å². The van der Waals surface area contributed by atoms with Crippen molar-refractivity contribution in [1.82, 2.24) is 20.5 Å². The molecule has 1 saturated heterocycles. The highest BCUT2D eigenvalue weighted by molar-refractivity contribution is 6.35. The topological polar surface area (TPSA) is 95.8 Å². The van der Waals surface area contributed by atoms with Crippen LogP contribution >= 0.6 is 11.6 Å². The Labute approximate surface area is 142 Å². The molecule has 1 aliphatic rings. The normalized spacial score (nSPS) is 15.7. The highest BCUT2D eigenvalue weighted by Crippen LogP contribution is 2.29. The SMILES string of the molecule is O=C(Nc1n[nH]c2c(Cl)cccc12)c1ncoc1C1CCNCC1. The Morgan fingerprint density at radius 2 is 2.17 bits per heavy atom. The Morgan fingerprint density at radius 1 is 1.33 bits per heavy atom. The summed E-state index contributed by atoms with van der Waals surface area (Å²) >= 11 is 6.12. The van der Waals surface area contributed by atoms with E-state index in [4.69, 9.17) is 16.0 Å². The first kappa shape index (κ1) is 15.2. The molecule has 0 atom stereocenters. The molecule has 0 bridgehead atoms. The van der Waals surface area contributed by atoms with Gasteiger partial charge in [-0.05, 0) is 38.1 Å². The minimum atomic E-state index is -0.328. The van der Waals surface area contributed by atoms with E-state index in [2.05, 4.69) is 25.8 Å². The lowest BCUT2D eigenvalue weighted by molar-refractivity contribution is 0.101. The molecule has 7 nitrogen and oxygen atoms in total. The smallest absolute Gasteiger partial charge is 0.279 e. The van der Waals surface area contributed by atoms with Gasteiger partial charge in [0, 0.05) is 11.3 Å². The summed E-state index contributed by atoms with van der Waals surface area (Å²) in [6.07, 6.45) is 3.18. The van der Waals surface area contributed by atoms with Crippen LogP contribution in [0.25, 0.3) is 10.9 Å². The Morgan fingerprint density at radius 3 is 3.00 bits per heavy atom. The summed E-state index contributed by atoms with van der Waals surface area (Å²) in [6.45, 7) is 1.82. The zero-order chi connectivity index (χ0) is 16.5. The van der Waals surface area contributed by atoms with Gasteiger partial charge in [-0.2, -0.15) is 5.10 Å². The van der Waals surface area contributed by atoms with Gasteiger partial charge in [0.15, 0.2) is 17.9 Å². The number of halogens is 1. The molecule has 0 saturated carbocycles. The average Bonchev–Trinajstić information content (AvgIpc) is 3.24. The average molecular weight is 346 g/mol. The Hall–Kier alpha value is -2.38. The Bertz CT molecular complexity index is 882. The summed E-state index contributed by atoms with van der Waals surface area (Å²) in [5.74, 6) is 0.953. The highest BCUT2D eigenvalue weighted by atomic mass is 35.5. The first-order valence-electron chi connectivity index (χ1n) is 7.82. The molecule has 1 aromatic carbocycles. The number of carbonyl (C=O) groups is 1. The van der Waals surface area contributed by atoms with Gasteiger partial charge in [0.2, 0.25) is 0 Å². The van der Waals surface area contributed by atoms with Gasteiger partial charge in [0.25, 0.3) is 5.91 Å². The van der Waals surface area contributed by atoms with Gasteiger partial charge in [-0.25, -0.2) is 4.98 Å². The number of hydrogen-bond donors (Lipinski definition) is 3. The number of aromatic nitrogens is 3. The molecule has 4 rings (SSSR count). The lowest BCUT2D eigenvalue weighted by Gasteiger charge is -2.20. The second-order valence-corrected chi connectivity index (χ2v) is 6.19. The quantitative estimate of drug-likeness (QED) is 0.678. The number of hydrogen-bond acceptors (Lipinski definition) is 5. The summed E-state index contributed by atoms with van der Waals surface area (Å²) in [5, 5.41) is 14.4. The van der Waals surface area contributed by atoms with E-state index in [-0.39, 0.29) is 11.8 Å². The number of fused-ring (bicyclic) bond motifs is 1. The van der Waals surface area contributed by atoms with Gasteiger partial charge >= 0.3 is 0 Å². The number of nitrogens with one attached hydrogen (secondary N) is 3. The van der Waals surface area contributed by atoms with Crippen LogP contribution in [0.5, 0.6) is 0 Å². The zero-order valence-electron chi connectivity index (χ0n) is 12.8. The monoisotopic (exact) mass is 345 g/mol. The number of benzene rings is 1. The molecule has 0 aliphatic carbocycles. The standard InChI is InChI=1S/C16H16ClN5O2/c17-11-3-1-2-10-12(11)21-22-15(10)20-16(23)13-14(24-8-19-13)9-4-6-18-7-5-9/h1-3,8-9,18H,4-7H2,(H2,20,21,22,23). The number of para-hydroxylation sites is 1. The van der Waals surface area contributed by atoms with E-state index in [1.165, 1.54) is 6.39 Å². The summed E-state index contributed by atoms with van der Waals surface area (Å²) in [6, 6.07) is 5.42. The van der Waals surface area contributed by atoms with Crippen LogP contribution in [-0.2, 0) is 0 Å². The number of oxazole rings is 1. The lowest BCUT2D eigenvalue weighted by atomic mass is 9.94. The van der Waals surface area contributed by atoms with Crippen molar-refractivity contribution in [2.24, 2.45) is 0 Å². The van der Waals surface area contributed by atoms with E-state index in [1.807, 2.05) is 12.1 Å². The van der Waals surface area contributed by atoms with Crippen LogP contribution in [0.4, 0.5) is 5.82 Å². The number of nitrogens with zero attached hydrogens (tertiary/aromatic N) is 2. The molecule has 2 aromatic heterocycles. The van der Waals surface area contributed by atoms with E-state index in [1.54, 1.807) is 6.07 Å². The molecule has 3 heterocycles. The fourth-order valence-electron chi connectivity index (χ4n) is 3.07. The summed E-state index contributed by atoms with van der Waals surface area (Å²) < 4.78 is 5.50. The maximum Gasteiger partial charge on any atom is 0.279 e. The van der Waals surface area contributed by atoms with E-state index in [0.29, 0.717) is 27.8 Å². The minimum Gasteiger partial charge on any atom is -0.447 e. The fraction of sp³-hybridized carbons (Fsp3) is 0.312. The number of rotatable bonds is 3. The predicted octanol–water partition coefficient (Wildman–Crippen LogP) is 2.92. The van der Waals surface area contributed by atoms with Crippen LogP contribution in [0.1, 0.15) is 35.0 Å². The molecule has 1 aliphatic heterocycles. The van der Waals surface area contributed by atoms with Gasteiger partial charge in [0.05, 0.1) is 10.5 Å². The van der Waals surface area contributed by atoms with Crippen molar-refractivity contribution in [3.05, 3.63) is 41.1 Å². The van der Waals surface area contributed by atoms with E-state index >= 15 is 0 Å². The number of piperidine rings is 1. The number of amides is 1. The molecule has 0 unspecified atom stereocenters.